The normalized spacial score (nSPS) is 10.8. The number of nitrogens with zero attached hydrogens (tertiary/aromatic N) is 2. The standard InChI is InChI=1S/C15H11Br2N3O/c16-12-4-2-1-3-9(12)7-14-19-15(21-20-14)11-8-10(18)5-6-13(11)17/h1-6,8H,7,18H2. The fourth-order valence-corrected chi connectivity index (χ4v) is 2.80. The van der Waals surface area contributed by atoms with Gasteiger partial charge in [-0.2, -0.15) is 4.98 Å². The van der Waals surface area contributed by atoms with Crippen LogP contribution in [0.5, 0.6) is 0 Å². The molecule has 0 radical (unpaired) electrons. The van der Waals surface area contributed by atoms with Crippen LogP contribution < -0.4 is 5.73 Å². The summed E-state index contributed by atoms with van der Waals surface area (Å²) >= 11 is 6.98. The van der Waals surface area contributed by atoms with Gasteiger partial charge in [-0.15, -0.1) is 0 Å². The molecule has 0 bridgehead atoms. The smallest absolute Gasteiger partial charge is 0.259 e. The van der Waals surface area contributed by atoms with E-state index in [1.807, 2.05) is 36.4 Å². The van der Waals surface area contributed by atoms with E-state index in [9.17, 15) is 0 Å². The van der Waals surface area contributed by atoms with Gasteiger partial charge in [-0.05, 0) is 45.8 Å². The van der Waals surface area contributed by atoms with Gasteiger partial charge < -0.3 is 10.3 Å². The van der Waals surface area contributed by atoms with Crippen LogP contribution in [0.4, 0.5) is 5.69 Å². The second-order valence-electron chi connectivity index (χ2n) is 4.52. The highest BCUT2D eigenvalue weighted by Crippen LogP contribution is 2.29. The van der Waals surface area contributed by atoms with E-state index in [0.29, 0.717) is 23.8 Å². The van der Waals surface area contributed by atoms with Gasteiger partial charge in [-0.3, -0.25) is 0 Å². The lowest BCUT2D eigenvalue weighted by Gasteiger charge is -2.00. The molecule has 0 saturated carbocycles. The summed E-state index contributed by atoms with van der Waals surface area (Å²) < 4.78 is 7.23. The van der Waals surface area contributed by atoms with Crippen molar-refractivity contribution in [1.82, 2.24) is 10.1 Å². The molecule has 0 spiro atoms. The first kappa shape index (κ1) is 14.3. The average molecular weight is 409 g/mol. The maximum absolute atomic E-state index is 5.80. The van der Waals surface area contributed by atoms with E-state index >= 15 is 0 Å². The van der Waals surface area contributed by atoms with Crippen molar-refractivity contribution in [3.63, 3.8) is 0 Å². The number of nitrogens with two attached hydrogens (primary N) is 1. The monoisotopic (exact) mass is 407 g/mol. The lowest BCUT2D eigenvalue weighted by atomic mass is 10.1. The van der Waals surface area contributed by atoms with E-state index < -0.39 is 0 Å². The van der Waals surface area contributed by atoms with Crippen molar-refractivity contribution in [2.24, 2.45) is 0 Å². The number of halogens is 2. The van der Waals surface area contributed by atoms with Crippen molar-refractivity contribution in [3.05, 3.63) is 62.8 Å². The van der Waals surface area contributed by atoms with E-state index in [1.165, 1.54) is 0 Å². The Morgan fingerprint density at radius 1 is 1.05 bits per heavy atom. The van der Waals surface area contributed by atoms with Crippen LogP contribution in [0, 0.1) is 0 Å². The lowest BCUT2D eigenvalue weighted by molar-refractivity contribution is 0.423. The summed E-state index contributed by atoms with van der Waals surface area (Å²) in [5.74, 6) is 1.09. The molecule has 1 aromatic heterocycles. The zero-order chi connectivity index (χ0) is 14.8. The highest BCUT2D eigenvalue weighted by molar-refractivity contribution is 9.10. The van der Waals surface area contributed by atoms with Crippen LogP contribution in [0.25, 0.3) is 11.5 Å². The van der Waals surface area contributed by atoms with Crippen molar-refractivity contribution in [1.29, 1.82) is 0 Å². The van der Waals surface area contributed by atoms with E-state index in [-0.39, 0.29) is 0 Å². The van der Waals surface area contributed by atoms with Crippen molar-refractivity contribution in [2.45, 2.75) is 6.42 Å². The zero-order valence-corrected chi connectivity index (χ0v) is 14.1. The molecule has 2 N–H and O–H groups in total. The van der Waals surface area contributed by atoms with Gasteiger partial charge in [0, 0.05) is 21.1 Å². The second-order valence-corrected chi connectivity index (χ2v) is 6.23. The quantitative estimate of drug-likeness (QED) is 0.650. The van der Waals surface area contributed by atoms with Crippen molar-refractivity contribution in [2.75, 3.05) is 5.73 Å². The Balaban J connectivity index is 1.90. The van der Waals surface area contributed by atoms with E-state index in [1.54, 1.807) is 6.07 Å². The molecule has 1 heterocycles. The van der Waals surface area contributed by atoms with Crippen LogP contribution in [-0.2, 0) is 6.42 Å². The predicted molar refractivity (Wildman–Crippen MR) is 88.8 cm³/mol. The summed E-state index contributed by atoms with van der Waals surface area (Å²) in [6.45, 7) is 0. The Hall–Kier alpha value is -1.66. The fourth-order valence-electron chi connectivity index (χ4n) is 1.95. The highest BCUT2D eigenvalue weighted by Gasteiger charge is 2.13. The van der Waals surface area contributed by atoms with Gasteiger partial charge in [0.25, 0.3) is 5.89 Å². The van der Waals surface area contributed by atoms with Crippen LogP contribution in [0.15, 0.2) is 55.9 Å². The zero-order valence-electron chi connectivity index (χ0n) is 10.9. The summed E-state index contributed by atoms with van der Waals surface area (Å²) in [6, 6.07) is 13.4. The Morgan fingerprint density at radius 3 is 2.67 bits per heavy atom. The van der Waals surface area contributed by atoms with Gasteiger partial charge in [0.15, 0.2) is 5.82 Å². The molecule has 0 atom stereocenters. The average Bonchev–Trinajstić information content (AvgIpc) is 2.92. The van der Waals surface area contributed by atoms with Crippen LogP contribution in [-0.4, -0.2) is 10.1 Å². The molecule has 6 heteroatoms. The van der Waals surface area contributed by atoms with E-state index in [2.05, 4.69) is 42.0 Å². The summed E-state index contributed by atoms with van der Waals surface area (Å²) in [5.41, 5.74) is 8.35. The van der Waals surface area contributed by atoms with Crippen molar-refractivity contribution in [3.8, 4) is 11.5 Å². The van der Waals surface area contributed by atoms with Crippen LogP contribution in [0.3, 0.4) is 0 Å². The number of hydrogen-bond acceptors (Lipinski definition) is 4. The molecule has 0 fully saturated rings. The van der Waals surface area contributed by atoms with Gasteiger partial charge in [0.2, 0.25) is 0 Å². The van der Waals surface area contributed by atoms with Crippen LogP contribution in [0.2, 0.25) is 0 Å². The number of benzene rings is 2. The van der Waals surface area contributed by atoms with Gasteiger partial charge in [-0.25, -0.2) is 0 Å². The number of nitrogen functional groups attached to an aromatic ring is 1. The molecule has 0 amide bonds. The molecule has 3 aromatic rings. The first-order valence-electron chi connectivity index (χ1n) is 6.25. The Labute approximate surface area is 138 Å². The molecule has 106 valence electrons. The van der Waals surface area contributed by atoms with Gasteiger partial charge in [0.05, 0.1) is 5.56 Å². The molecule has 3 rings (SSSR count). The first-order valence-corrected chi connectivity index (χ1v) is 7.83. The Kier molecular flexibility index (Phi) is 4.07. The minimum absolute atomic E-state index is 0.455. The summed E-state index contributed by atoms with van der Waals surface area (Å²) in [4.78, 5) is 4.43. The van der Waals surface area contributed by atoms with E-state index in [0.717, 1.165) is 20.1 Å². The summed E-state index contributed by atoms with van der Waals surface area (Å²) in [7, 11) is 0. The molecule has 21 heavy (non-hydrogen) atoms. The van der Waals surface area contributed by atoms with Gasteiger partial charge in [-0.1, -0.05) is 39.3 Å². The number of anilines is 1. The SMILES string of the molecule is Nc1ccc(Br)c(-c2nc(Cc3ccccc3Br)no2)c1. The molecule has 0 saturated heterocycles. The summed E-state index contributed by atoms with van der Waals surface area (Å²) in [5, 5.41) is 4.03. The van der Waals surface area contributed by atoms with Crippen LogP contribution >= 0.6 is 31.9 Å². The van der Waals surface area contributed by atoms with Gasteiger partial charge in [0.1, 0.15) is 0 Å². The largest absolute Gasteiger partial charge is 0.399 e. The van der Waals surface area contributed by atoms with Gasteiger partial charge >= 0.3 is 0 Å². The molecule has 0 unspecified atom stereocenters. The minimum atomic E-state index is 0.455. The second kappa shape index (κ2) is 5.99. The lowest BCUT2D eigenvalue weighted by Crippen LogP contribution is -1.92. The minimum Gasteiger partial charge on any atom is -0.399 e. The highest BCUT2D eigenvalue weighted by atomic mass is 79.9. The summed E-state index contributed by atoms with van der Waals surface area (Å²) in [6.07, 6.45) is 0.602. The number of rotatable bonds is 3. The maximum Gasteiger partial charge on any atom is 0.259 e. The van der Waals surface area contributed by atoms with Crippen molar-refractivity contribution >= 4 is 37.5 Å². The predicted octanol–water partition coefficient (Wildman–Crippen LogP) is 4.43. The molecule has 4 nitrogen and oxygen atoms in total. The third-order valence-corrected chi connectivity index (χ3v) is 4.46. The molecule has 0 aliphatic carbocycles. The molecule has 2 aromatic carbocycles. The Bertz CT molecular complexity index is 786. The Morgan fingerprint density at radius 2 is 1.86 bits per heavy atom. The molecule has 0 aliphatic rings. The molecule has 0 aliphatic heterocycles. The first-order chi connectivity index (χ1) is 10.1. The molecular formula is C15H11Br2N3O. The topological polar surface area (TPSA) is 64.9 Å². The number of aromatic nitrogens is 2. The van der Waals surface area contributed by atoms with Crippen LogP contribution in [0.1, 0.15) is 11.4 Å². The number of hydrogen-bond donors (Lipinski definition) is 1. The van der Waals surface area contributed by atoms with Crippen molar-refractivity contribution < 1.29 is 4.52 Å². The third-order valence-electron chi connectivity index (χ3n) is 3.00. The molecular weight excluding hydrogens is 398 g/mol. The third kappa shape index (κ3) is 3.16. The van der Waals surface area contributed by atoms with E-state index in [4.69, 9.17) is 10.3 Å². The fraction of sp³-hybridized carbons (Fsp3) is 0.0667. The maximum atomic E-state index is 5.80.